The van der Waals surface area contributed by atoms with Crippen LogP contribution >= 0.6 is 11.3 Å². The lowest BCUT2D eigenvalue weighted by Crippen LogP contribution is -2.15. The molecular formula is C25H20N6O2S. The number of benzene rings is 2. The predicted octanol–water partition coefficient (Wildman–Crippen LogP) is 4.60. The summed E-state index contributed by atoms with van der Waals surface area (Å²) in [4.78, 5) is 25.4. The molecule has 0 saturated heterocycles. The smallest absolute Gasteiger partial charge is 0.274 e. The van der Waals surface area contributed by atoms with Gasteiger partial charge in [0.05, 0.1) is 39.1 Å². The zero-order chi connectivity index (χ0) is 24.0. The molecule has 5 aromatic rings. The summed E-state index contributed by atoms with van der Waals surface area (Å²) in [6.07, 6.45) is 2.34. The van der Waals surface area contributed by atoms with Crippen molar-refractivity contribution in [2.24, 2.45) is 7.05 Å². The first kappa shape index (κ1) is 21.6. The van der Waals surface area contributed by atoms with Gasteiger partial charge >= 0.3 is 0 Å². The lowest BCUT2D eigenvalue weighted by atomic mass is 9.98. The van der Waals surface area contributed by atoms with Crippen molar-refractivity contribution < 1.29 is 4.79 Å². The van der Waals surface area contributed by atoms with Crippen LogP contribution in [0.3, 0.4) is 0 Å². The van der Waals surface area contributed by atoms with Gasteiger partial charge in [-0.15, -0.1) is 11.3 Å². The Morgan fingerprint density at radius 1 is 1.26 bits per heavy atom. The highest BCUT2D eigenvalue weighted by Gasteiger charge is 2.22. The number of hydrogen-bond acceptors (Lipinski definition) is 6. The molecule has 0 atom stereocenters. The van der Waals surface area contributed by atoms with E-state index >= 15 is 0 Å². The number of rotatable bonds is 4. The van der Waals surface area contributed by atoms with Crippen molar-refractivity contribution in [2.75, 3.05) is 5.32 Å². The number of nitriles is 1. The van der Waals surface area contributed by atoms with Gasteiger partial charge in [-0.1, -0.05) is 25.1 Å². The minimum atomic E-state index is -0.370. The van der Waals surface area contributed by atoms with Crippen LogP contribution in [0, 0.1) is 11.3 Å². The molecule has 0 aliphatic carbocycles. The van der Waals surface area contributed by atoms with Crippen LogP contribution in [0.5, 0.6) is 0 Å². The summed E-state index contributed by atoms with van der Waals surface area (Å²) >= 11 is 1.54. The van der Waals surface area contributed by atoms with Crippen molar-refractivity contribution in [2.45, 2.75) is 20.3 Å². The van der Waals surface area contributed by atoms with Gasteiger partial charge in [0.2, 0.25) is 5.91 Å². The number of aromatic nitrogens is 4. The fraction of sp³-hybridized carbons (Fsp3) is 0.160. The maximum atomic E-state index is 12.7. The van der Waals surface area contributed by atoms with Crippen molar-refractivity contribution in [3.05, 3.63) is 64.2 Å². The van der Waals surface area contributed by atoms with Crippen LogP contribution in [0.1, 0.15) is 25.1 Å². The van der Waals surface area contributed by atoms with Crippen molar-refractivity contribution in [1.82, 2.24) is 20.0 Å². The fourth-order valence-corrected chi connectivity index (χ4v) is 5.55. The van der Waals surface area contributed by atoms with Crippen LogP contribution in [0.4, 0.5) is 5.69 Å². The largest absolute Gasteiger partial charge is 0.326 e. The Morgan fingerprint density at radius 3 is 2.79 bits per heavy atom. The molecule has 0 aliphatic heterocycles. The highest BCUT2D eigenvalue weighted by molar-refractivity contribution is 7.22. The number of thiophene rings is 1. The Bertz CT molecular complexity index is 1700. The van der Waals surface area contributed by atoms with Crippen LogP contribution < -0.4 is 10.9 Å². The third kappa shape index (κ3) is 3.36. The molecule has 0 bridgehead atoms. The molecule has 9 heteroatoms. The molecule has 34 heavy (non-hydrogen) atoms. The van der Waals surface area contributed by atoms with Crippen LogP contribution in [0.2, 0.25) is 0 Å². The Labute approximate surface area is 198 Å². The summed E-state index contributed by atoms with van der Waals surface area (Å²) in [5, 5.41) is 26.0. The van der Waals surface area contributed by atoms with Gasteiger partial charge in [-0.05, 0) is 30.2 Å². The molecule has 1 amide bonds. The number of carbonyl (C=O) groups is 1. The molecule has 0 radical (unpaired) electrons. The lowest BCUT2D eigenvalue weighted by Gasteiger charge is -2.13. The predicted molar refractivity (Wildman–Crippen MR) is 134 cm³/mol. The molecule has 5 rings (SSSR count). The first-order valence-electron chi connectivity index (χ1n) is 10.7. The van der Waals surface area contributed by atoms with E-state index in [1.54, 1.807) is 16.9 Å². The number of fused-ring (bicyclic) bond motifs is 2. The molecule has 168 valence electrons. The number of anilines is 1. The average Bonchev–Trinajstić information content (AvgIpc) is 3.38. The molecule has 0 spiro atoms. The van der Waals surface area contributed by atoms with E-state index in [9.17, 15) is 14.9 Å². The van der Waals surface area contributed by atoms with Crippen molar-refractivity contribution in [3.63, 3.8) is 0 Å². The van der Waals surface area contributed by atoms with Gasteiger partial charge < -0.3 is 5.32 Å². The summed E-state index contributed by atoms with van der Waals surface area (Å²) in [6, 6.07) is 13.9. The molecular weight excluding hydrogens is 448 g/mol. The second-order valence-corrected chi connectivity index (χ2v) is 8.98. The molecule has 0 saturated carbocycles. The van der Waals surface area contributed by atoms with Gasteiger partial charge in [-0.2, -0.15) is 15.5 Å². The summed E-state index contributed by atoms with van der Waals surface area (Å²) < 4.78 is 2.77. The summed E-state index contributed by atoms with van der Waals surface area (Å²) in [5.74, 6) is -0.282. The number of carbonyl (C=O) groups excluding carboxylic acids is 1. The van der Waals surface area contributed by atoms with Gasteiger partial charge in [-0.3, -0.25) is 14.3 Å². The second kappa shape index (κ2) is 8.24. The number of H-pyrrole nitrogens is 1. The number of amides is 1. The third-order valence-electron chi connectivity index (χ3n) is 5.79. The van der Waals surface area contributed by atoms with Crippen LogP contribution in [-0.4, -0.2) is 25.9 Å². The maximum absolute atomic E-state index is 12.7. The molecule has 2 N–H and O–H groups in total. The Morgan fingerprint density at radius 2 is 2.06 bits per heavy atom. The SMILES string of the molecule is CCc1n[nH]c(=O)c2c(NC(C)=O)cc(-c3cnn(C)c3-c3sc4ccccc4c3C#N)cc12. The van der Waals surface area contributed by atoms with Crippen LogP contribution in [0.25, 0.3) is 42.6 Å². The number of nitrogens with zero attached hydrogens (tertiary/aromatic N) is 4. The Kier molecular flexibility index (Phi) is 5.23. The molecule has 3 aromatic heterocycles. The van der Waals surface area contributed by atoms with Gasteiger partial charge in [0.15, 0.2) is 0 Å². The van der Waals surface area contributed by atoms with Crippen molar-refractivity contribution in [3.8, 4) is 27.8 Å². The maximum Gasteiger partial charge on any atom is 0.274 e. The van der Waals surface area contributed by atoms with E-state index in [-0.39, 0.29) is 11.5 Å². The number of nitrogens with one attached hydrogen (secondary N) is 2. The van der Waals surface area contributed by atoms with Gasteiger partial charge in [0, 0.05) is 35.0 Å². The van der Waals surface area contributed by atoms with Crippen molar-refractivity contribution in [1.29, 1.82) is 5.26 Å². The highest BCUT2D eigenvalue weighted by atomic mass is 32.1. The molecule has 0 aliphatic rings. The fourth-order valence-electron chi connectivity index (χ4n) is 4.30. The molecule has 2 aromatic carbocycles. The zero-order valence-electron chi connectivity index (χ0n) is 18.8. The summed E-state index contributed by atoms with van der Waals surface area (Å²) in [6.45, 7) is 3.36. The summed E-state index contributed by atoms with van der Waals surface area (Å²) in [7, 11) is 1.84. The quantitative estimate of drug-likeness (QED) is 0.400. The number of hydrogen-bond donors (Lipinski definition) is 2. The minimum Gasteiger partial charge on any atom is -0.326 e. The Balaban J connectivity index is 1.83. The van der Waals surface area contributed by atoms with Gasteiger partial charge in [0.25, 0.3) is 5.56 Å². The average molecular weight is 469 g/mol. The normalized spacial score (nSPS) is 11.1. The Hall–Kier alpha value is -4.29. The van der Waals surface area contributed by atoms with Crippen LogP contribution in [0.15, 0.2) is 47.4 Å². The number of aryl methyl sites for hydroxylation is 2. The lowest BCUT2D eigenvalue weighted by molar-refractivity contribution is -0.114. The zero-order valence-corrected chi connectivity index (χ0v) is 19.6. The van der Waals surface area contributed by atoms with E-state index in [4.69, 9.17) is 0 Å². The second-order valence-electron chi connectivity index (χ2n) is 7.93. The van der Waals surface area contributed by atoms with E-state index in [0.29, 0.717) is 34.1 Å². The topological polar surface area (TPSA) is 116 Å². The summed E-state index contributed by atoms with van der Waals surface area (Å²) in [5.41, 5.74) is 3.70. The van der Waals surface area contributed by atoms with E-state index in [2.05, 4.69) is 26.7 Å². The van der Waals surface area contributed by atoms with E-state index < -0.39 is 0 Å². The molecule has 0 fully saturated rings. The van der Waals surface area contributed by atoms with Gasteiger partial charge in [-0.25, -0.2) is 5.10 Å². The first-order valence-corrected chi connectivity index (χ1v) is 11.5. The standard InChI is InChI=1S/C25H20N6O2S/c1-4-19-16-9-14(10-20(28-13(2)32)22(16)25(33)30-29-19)18-12-27-31(3)23(18)24-17(11-26)15-7-5-6-8-21(15)34-24/h5-10,12H,4H2,1-3H3,(H,28,32)(H,30,33). The first-order chi connectivity index (χ1) is 16.4. The molecule has 3 heterocycles. The third-order valence-corrected chi connectivity index (χ3v) is 6.96. The number of aromatic amines is 1. The van der Waals surface area contributed by atoms with Crippen molar-refractivity contribution >= 4 is 43.8 Å². The van der Waals surface area contributed by atoms with E-state index in [0.717, 1.165) is 31.8 Å². The van der Waals surface area contributed by atoms with E-state index in [1.807, 2.05) is 44.3 Å². The monoisotopic (exact) mass is 468 g/mol. The van der Waals surface area contributed by atoms with E-state index in [1.165, 1.54) is 18.3 Å². The molecule has 8 nitrogen and oxygen atoms in total. The highest BCUT2D eigenvalue weighted by Crippen LogP contribution is 2.43. The van der Waals surface area contributed by atoms with Crippen LogP contribution in [-0.2, 0) is 18.3 Å². The molecule has 0 unspecified atom stereocenters. The minimum absolute atomic E-state index is 0.282. The van der Waals surface area contributed by atoms with Gasteiger partial charge in [0.1, 0.15) is 6.07 Å².